The van der Waals surface area contributed by atoms with E-state index in [1.807, 2.05) is 13.8 Å². The van der Waals surface area contributed by atoms with E-state index >= 15 is 0 Å². The number of esters is 1. The lowest BCUT2D eigenvalue weighted by Gasteiger charge is -2.50. The van der Waals surface area contributed by atoms with Gasteiger partial charge in [-0.2, -0.15) is 0 Å². The number of carbonyl (C=O) groups is 1. The van der Waals surface area contributed by atoms with E-state index in [-0.39, 0.29) is 11.5 Å². The van der Waals surface area contributed by atoms with Crippen molar-refractivity contribution in [1.82, 2.24) is 15.1 Å². The van der Waals surface area contributed by atoms with Crippen molar-refractivity contribution in [3.8, 4) is 0 Å². The molecule has 0 aromatic carbocycles. The Bertz CT molecular complexity index is 329. The van der Waals surface area contributed by atoms with Crippen molar-refractivity contribution < 1.29 is 9.53 Å². The predicted molar refractivity (Wildman–Crippen MR) is 81.9 cm³/mol. The fourth-order valence-electron chi connectivity index (χ4n) is 3.24. The van der Waals surface area contributed by atoms with E-state index in [1.165, 1.54) is 26.4 Å². The second-order valence-corrected chi connectivity index (χ2v) is 6.50. The summed E-state index contributed by atoms with van der Waals surface area (Å²) in [5, 5.41) is 3.26. The van der Waals surface area contributed by atoms with Crippen molar-refractivity contribution in [3.05, 3.63) is 0 Å². The quantitative estimate of drug-likeness (QED) is 0.673. The number of ether oxygens (including phenoxy) is 1. The Morgan fingerprint density at radius 1 is 1.35 bits per heavy atom. The third-order valence-electron chi connectivity index (χ3n) is 4.59. The first-order chi connectivity index (χ1) is 9.29. The van der Waals surface area contributed by atoms with Gasteiger partial charge in [-0.3, -0.25) is 4.79 Å². The van der Waals surface area contributed by atoms with Crippen molar-refractivity contribution >= 4 is 5.97 Å². The van der Waals surface area contributed by atoms with Crippen LogP contribution >= 0.6 is 0 Å². The molecule has 0 heterocycles. The van der Waals surface area contributed by atoms with E-state index in [4.69, 9.17) is 4.74 Å². The molecular formula is C15H31N3O2. The zero-order chi connectivity index (χ0) is 15.4. The molecule has 1 N–H and O–H groups in total. The summed E-state index contributed by atoms with van der Waals surface area (Å²) in [5.41, 5.74) is -0.368. The van der Waals surface area contributed by atoms with Gasteiger partial charge in [-0.25, -0.2) is 0 Å². The average Bonchev–Trinajstić information content (AvgIpc) is 2.32. The second-order valence-electron chi connectivity index (χ2n) is 6.50. The maximum Gasteiger partial charge on any atom is 0.327 e. The highest BCUT2D eigenvalue weighted by Crippen LogP contribution is 2.36. The van der Waals surface area contributed by atoms with Gasteiger partial charge in [0.25, 0.3) is 0 Å². The number of hydrogen-bond acceptors (Lipinski definition) is 5. The van der Waals surface area contributed by atoms with Gasteiger partial charge in [0.1, 0.15) is 5.54 Å². The molecule has 0 aliphatic heterocycles. The van der Waals surface area contributed by atoms with Crippen LogP contribution in [0.25, 0.3) is 0 Å². The summed E-state index contributed by atoms with van der Waals surface area (Å²) in [4.78, 5) is 16.6. The Hall–Kier alpha value is -0.650. The lowest BCUT2D eigenvalue weighted by Crippen LogP contribution is -2.61. The number of nitrogens with one attached hydrogen (secondary N) is 1. The van der Waals surface area contributed by atoms with Crippen LogP contribution in [0.4, 0.5) is 0 Å². The first-order valence-corrected chi connectivity index (χ1v) is 7.49. The molecule has 5 heteroatoms. The largest absolute Gasteiger partial charge is 0.468 e. The Morgan fingerprint density at radius 2 is 1.95 bits per heavy atom. The van der Waals surface area contributed by atoms with Gasteiger partial charge in [-0.15, -0.1) is 0 Å². The minimum Gasteiger partial charge on any atom is -0.468 e. The molecule has 0 bridgehead atoms. The third kappa shape index (κ3) is 3.71. The van der Waals surface area contributed by atoms with Crippen LogP contribution in [0.5, 0.6) is 0 Å². The lowest BCUT2D eigenvalue weighted by molar-refractivity contribution is -0.149. The first-order valence-electron chi connectivity index (χ1n) is 7.49. The van der Waals surface area contributed by atoms with Gasteiger partial charge in [0.2, 0.25) is 0 Å². The Balaban J connectivity index is 2.66. The van der Waals surface area contributed by atoms with E-state index in [1.54, 1.807) is 0 Å². The molecule has 0 radical (unpaired) electrons. The molecule has 0 aromatic rings. The molecule has 0 aromatic heterocycles. The number of hydrogen-bond donors (Lipinski definition) is 1. The molecule has 0 spiro atoms. The topological polar surface area (TPSA) is 44.8 Å². The van der Waals surface area contributed by atoms with Gasteiger partial charge in [0.15, 0.2) is 0 Å². The minimum absolute atomic E-state index is 0.196. The van der Waals surface area contributed by atoms with Crippen LogP contribution in [-0.4, -0.2) is 74.7 Å². The van der Waals surface area contributed by atoms with Crippen LogP contribution in [0.2, 0.25) is 0 Å². The molecule has 1 aliphatic rings. The van der Waals surface area contributed by atoms with Crippen molar-refractivity contribution in [2.45, 2.75) is 44.2 Å². The number of rotatable bonds is 8. The molecular weight excluding hydrogens is 254 g/mol. The van der Waals surface area contributed by atoms with Crippen LogP contribution in [-0.2, 0) is 9.53 Å². The molecule has 1 atom stereocenters. The van der Waals surface area contributed by atoms with Gasteiger partial charge in [-0.1, -0.05) is 6.92 Å². The van der Waals surface area contributed by atoms with Gasteiger partial charge < -0.3 is 19.9 Å². The fraction of sp³-hybridized carbons (Fsp3) is 0.933. The fourth-order valence-corrected chi connectivity index (χ4v) is 3.24. The molecule has 1 rings (SSSR count). The first kappa shape index (κ1) is 17.4. The summed E-state index contributed by atoms with van der Waals surface area (Å²) in [6.45, 7) is 6.32. The van der Waals surface area contributed by atoms with Crippen molar-refractivity contribution in [2.24, 2.45) is 0 Å². The molecule has 1 fully saturated rings. The molecule has 0 amide bonds. The smallest absolute Gasteiger partial charge is 0.327 e. The Morgan fingerprint density at radius 3 is 2.30 bits per heavy atom. The number of nitrogens with zero attached hydrogens (tertiary/aromatic N) is 2. The van der Waals surface area contributed by atoms with Crippen LogP contribution in [0.1, 0.15) is 33.1 Å². The lowest BCUT2D eigenvalue weighted by atomic mass is 9.75. The maximum atomic E-state index is 12.0. The van der Waals surface area contributed by atoms with Gasteiger partial charge in [-0.05, 0) is 53.9 Å². The van der Waals surface area contributed by atoms with Crippen molar-refractivity contribution in [1.29, 1.82) is 0 Å². The van der Waals surface area contributed by atoms with Crippen LogP contribution in [0, 0.1) is 0 Å². The maximum absolute atomic E-state index is 12.0. The summed E-state index contributed by atoms with van der Waals surface area (Å²) in [5.74, 6) is -0.196. The molecule has 5 nitrogen and oxygen atoms in total. The summed E-state index contributed by atoms with van der Waals surface area (Å²) in [6, 6.07) is 0. The monoisotopic (exact) mass is 285 g/mol. The highest BCUT2D eigenvalue weighted by molar-refractivity contribution is 5.80. The average molecular weight is 285 g/mol. The van der Waals surface area contributed by atoms with E-state index in [0.717, 1.165) is 13.1 Å². The van der Waals surface area contributed by atoms with Crippen molar-refractivity contribution in [2.75, 3.05) is 47.9 Å². The minimum atomic E-state index is -0.643. The Kier molecular flexibility index (Phi) is 5.98. The normalized spacial score (nSPS) is 20.6. The molecule has 20 heavy (non-hydrogen) atoms. The molecule has 1 saturated carbocycles. The predicted octanol–water partition coefficient (Wildman–Crippen LogP) is 0.944. The number of carbonyl (C=O) groups excluding carboxylic acids is 1. The van der Waals surface area contributed by atoms with Crippen LogP contribution in [0.3, 0.4) is 0 Å². The summed E-state index contributed by atoms with van der Waals surface area (Å²) < 4.78 is 4.95. The second kappa shape index (κ2) is 6.87. The van der Waals surface area contributed by atoms with Gasteiger partial charge >= 0.3 is 5.97 Å². The number of methoxy groups -OCH3 is 1. The molecule has 1 unspecified atom stereocenters. The summed E-state index contributed by atoms with van der Waals surface area (Å²) in [6.07, 6.45) is 3.77. The summed E-state index contributed by atoms with van der Waals surface area (Å²) in [7, 11) is 7.83. The van der Waals surface area contributed by atoms with E-state index < -0.39 is 5.54 Å². The van der Waals surface area contributed by atoms with Gasteiger partial charge in [0, 0.05) is 18.6 Å². The van der Waals surface area contributed by atoms with E-state index in [2.05, 4.69) is 36.3 Å². The zero-order valence-electron chi connectivity index (χ0n) is 14.0. The highest BCUT2D eigenvalue weighted by atomic mass is 16.5. The standard InChI is InChI=1S/C15H31N3O2/c1-7-16-14(2,13(19)20-6)11-18(5)12-15(17(3)4)9-8-10-15/h16H,7-12H2,1-6H3. The van der Waals surface area contributed by atoms with Crippen molar-refractivity contribution in [3.63, 3.8) is 0 Å². The zero-order valence-corrected chi connectivity index (χ0v) is 14.0. The Labute approximate surface area is 123 Å². The SMILES string of the molecule is CCNC(C)(CN(C)CC1(N(C)C)CCC1)C(=O)OC. The van der Waals surface area contributed by atoms with E-state index in [9.17, 15) is 4.79 Å². The van der Waals surface area contributed by atoms with Crippen LogP contribution < -0.4 is 5.32 Å². The molecule has 1 aliphatic carbocycles. The number of likely N-dealkylation sites (N-methyl/N-ethyl adjacent to an activating group) is 3. The van der Waals surface area contributed by atoms with Gasteiger partial charge in [0.05, 0.1) is 7.11 Å². The van der Waals surface area contributed by atoms with Crippen LogP contribution in [0.15, 0.2) is 0 Å². The molecule has 0 saturated heterocycles. The van der Waals surface area contributed by atoms with E-state index in [0.29, 0.717) is 6.54 Å². The highest BCUT2D eigenvalue weighted by Gasteiger charge is 2.42. The third-order valence-corrected chi connectivity index (χ3v) is 4.59. The summed E-state index contributed by atoms with van der Waals surface area (Å²) >= 11 is 0. The molecule has 118 valence electrons.